The normalized spacial score (nSPS) is 23.9. The summed E-state index contributed by atoms with van der Waals surface area (Å²) in [6.07, 6.45) is 3.64. The maximum atomic E-state index is 11.6. The number of carbonyl (C=O) groups is 2. The van der Waals surface area contributed by atoms with E-state index in [1.165, 1.54) is 12.2 Å². The Hall–Kier alpha value is -0.910. The number of nitrogens with one attached hydrogen (secondary N) is 2. The van der Waals surface area contributed by atoms with Gasteiger partial charge in [0.1, 0.15) is 0 Å². The lowest BCUT2D eigenvalue weighted by atomic mass is 10.1. The van der Waals surface area contributed by atoms with E-state index in [1.54, 1.807) is 6.92 Å². The lowest BCUT2D eigenvalue weighted by Gasteiger charge is -2.22. The Morgan fingerprint density at radius 1 is 1.42 bits per heavy atom. The first kappa shape index (κ1) is 16.1. The molecule has 0 radical (unpaired) electrons. The highest BCUT2D eigenvalue weighted by molar-refractivity contribution is 8.00. The van der Waals surface area contributed by atoms with Gasteiger partial charge >= 0.3 is 12.0 Å². The molecule has 19 heavy (non-hydrogen) atoms. The van der Waals surface area contributed by atoms with Crippen LogP contribution >= 0.6 is 11.8 Å². The molecule has 1 aliphatic rings. The van der Waals surface area contributed by atoms with E-state index in [0.29, 0.717) is 25.9 Å². The van der Waals surface area contributed by atoms with Gasteiger partial charge in [-0.3, -0.25) is 4.79 Å². The standard InChI is InChI=1S/C13H24N2O3S/c1-10(11(16)17)5-3-7-14-12(18)15-9-13(2)6-4-8-19-13/h10H,3-9H2,1-2H3,(H,16,17)(H2,14,15,18). The van der Waals surface area contributed by atoms with Gasteiger partial charge in [0, 0.05) is 17.8 Å². The van der Waals surface area contributed by atoms with Crippen LogP contribution in [0.2, 0.25) is 0 Å². The molecule has 110 valence electrons. The molecular weight excluding hydrogens is 264 g/mol. The Morgan fingerprint density at radius 3 is 2.74 bits per heavy atom. The van der Waals surface area contributed by atoms with Crippen LogP contribution in [0.3, 0.4) is 0 Å². The lowest BCUT2D eigenvalue weighted by Crippen LogP contribution is -2.42. The van der Waals surface area contributed by atoms with E-state index in [0.717, 1.165) is 6.42 Å². The molecule has 0 aliphatic carbocycles. The number of urea groups is 1. The molecule has 0 spiro atoms. The molecule has 0 aromatic carbocycles. The molecular formula is C13H24N2O3S. The van der Waals surface area contributed by atoms with E-state index in [2.05, 4.69) is 17.6 Å². The van der Waals surface area contributed by atoms with Gasteiger partial charge in [0.2, 0.25) is 0 Å². The van der Waals surface area contributed by atoms with E-state index in [1.807, 2.05) is 11.8 Å². The van der Waals surface area contributed by atoms with Crippen LogP contribution in [-0.4, -0.2) is 40.7 Å². The molecule has 2 atom stereocenters. The van der Waals surface area contributed by atoms with Crippen LogP contribution in [0, 0.1) is 5.92 Å². The maximum Gasteiger partial charge on any atom is 0.314 e. The molecule has 1 saturated heterocycles. The van der Waals surface area contributed by atoms with Gasteiger partial charge < -0.3 is 15.7 Å². The van der Waals surface area contributed by atoms with Crippen molar-refractivity contribution in [3.05, 3.63) is 0 Å². The Kier molecular flexibility index (Phi) is 6.48. The second kappa shape index (κ2) is 7.62. The number of thioether (sulfide) groups is 1. The molecule has 0 bridgehead atoms. The minimum atomic E-state index is -0.782. The fourth-order valence-electron chi connectivity index (χ4n) is 2.04. The highest BCUT2D eigenvalue weighted by atomic mass is 32.2. The molecule has 2 unspecified atom stereocenters. The second-order valence-electron chi connectivity index (χ2n) is 5.39. The van der Waals surface area contributed by atoms with E-state index in [4.69, 9.17) is 5.11 Å². The van der Waals surface area contributed by atoms with Crippen LogP contribution in [0.5, 0.6) is 0 Å². The third-order valence-electron chi connectivity index (χ3n) is 3.44. The van der Waals surface area contributed by atoms with Gasteiger partial charge in [-0.25, -0.2) is 4.79 Å². The Morgan fingerprint density at radius 2 is 2.16 bits per heavy atom. The maximum absolute atomic E-state index is 11.6. The highest BCUT2D eigenvalue weighted by Gasteiger charge is 2.29. The summed E-state index contributed by atoms with van der Waals surface area (Å²) in [5.41, 5.74) is 0. The number of carbonyl (C=O) groups excluding carboxylic acids is 1. The SMILES string of the molecule is CC(CCCNC(=O)NCC1(C)CCCS1)C(=O)O. The topological polar surface area (TPSA) is 78.4 Å². The van der Waals surface area contributed by atoms with Crippen LogP contribution < -0.4 is 10.6 Å². The molecule has 6 heteroatoms. The number of carboxylic acid groups (broad SMARTS) is 1. The molecule has 0 saturated carbocycles. The third-order valence-corrected chi connectivity index (χ3v) is 4.98. The first-order valence-electron chi connectivity index (χ1n) is 6.81. The number of hydrogen-bond acceptors (Lipinski definition) is 3. The zero-order chi connectivity index (χ0) is 14.3. The third kappa shape index (κ3) is 6.18. The number of hydrogen-bond donors (Lipinski definition) is 3. The largest absolute Gasteiger partial charge is 0.481 e. The minimum absolute atomic E-state index is 0.156. The first-order valence-corrected chi connectivity index (χ1v) is 7.80. The Bertz CT molecular complexity index is 317. The highest BCUT2D eigenvalue weighted by Crippen LogP contribution is 2.36. The van der Waals surface area contributed by atoms with E-state index >= 15 is 0 Å². The molecule has 0 aromatic heterocycles. The lowest BCUT2D eigenvalue weighted by molar-refractivity contribution is -0.141. The molecule has 2 amide bonds. The quantitative estimate of drug-likeness (QED) is 0.627. The molecule has 3 N–H and O–H groups in total. The van der Waals surface area contributed by atoms with Gasteiger partial charge in [-0.1, -0.05) is 6.92 Å². The van der Waals surface area contributed by atoms with E-state index in [9.17, 15) is 9.59 Å². The number of amides is 2. The number of rotatable bonds is 7. The fourth-order valence-corrected chi connectivity index (χ4v) is 3.28. The summed E-state index contributed by atoms with van der Waals surface area (Å²) in [7, 11) is 0. The van der Waals surface area contributed by atoms with Crippen LogP contribution in [0.1, 0.15) is 39.5 Å². The van der Waals surface area contributed by atoms with Crippen molar-refractivity contribution in [1.82, 2.24) is 10.6 Å². The Labute approximate surface area is 118 Å². The van der Waals surface area contributed by atoms with Gasteiger partial charge in [0.05, 0.1) is 5.92 Å². The van der Waals surface area contributed by atoms with Crippen LogP contribution in [0.4, 0.5) is 4.79 Å². The van der Waals surface area contributed by atoms with Crippen molar-refractivity contribution >= 4 is 23.8 Å². The van der Waals surface area contributed by atoms with Crippen molar-refractivity contribution < 1.29 is 14.7 Å². The number of carboxylic acids is 1. The summed E-state index contributed by atoms with van der Waals surface area (Å²) in [6.45, 7) is 5.07. The second-order valence-corrected chi connectivity index (χ2v) is 7.08. The van der Waals surface area contributed by atoms with E-state index < -0.39 is 5.97 Å². The average molecular weight is 288 g/mol. The van der Waals surface area contributed by atoms with Crippen LogP contribution in [0.25, 0.3) is 0 Å². The molecule has 1 aliphatic heterocycles. The van der Waals surface area contributed by atoms with Crippen molar-refractivity contribution in [1.29, 1.82) is 0 Å². The monoisotopic (exact) mass is 288 g/mol. The van der Waals surface area contributed by atoms with Crippen molar-refractivity contribution in [2.75, 3.05) is 18.8 Å². The van der Waals surface area contributed by atoms with Crippen LogP contribution in [-0.2, 0) is 4.79 Å². The Balaban J connectivity index is 2.06. The smallest absolute Gasteiger partial charge is 0.314 e. The van der Waals surface area contributed by atoms with Gasteiger partial charge in [0.15, 0.2) is 0 Å². The van der Waals surface area contributed by atoms with Crippen molar-refractivity contribution in [3.63, 3.8) is 0 Å². The molecule has 1 fully saturated rings. The van der Waals surface area contributed by atoms with Gasteiger partial charge in [-0.15, -0.1) is 0 Å². The van der Waals surface area contributed by atoms with Crippen molar-refractivity contribution in [3.8, 4) is 0 Å². The first-order chi connectivity index (χ1) is 8.93. The molecule has 5 nitrogen and oxygen atoms in total. The average Bonchev–Trinajstić information content (AvgIpc) is 2.79. The summed E-state index contributed by atoms with van der Waals surface area (Å²) in [4.78, 5) is 22.2. The molecule has 0 aromatic rings. The van der Waals surface area contributed by atoms with Gasteiger partial charge in [-0.05, 0) is 38.4 Å². The predicted octanol–water partition coefficient (Wildman–Crippen LogP) is 2.07. The summed E-state index contributed by atoms with van der Waals surface area (Å²) in [5.74, 6) is 0.0432. The fraction of sp³-hybridized carbons (Fsp3) is 0.846. The number of aliphatic carboxylic acids is 1. The van der Waals surface area contributed by atoms with Gasteiger partial charge in [0.25, 0.3) is 0 Å². The summed E-state index contributed by atoms with van der Waals surface area (Å²) >= 11 is 1.91. The zero-order valence-electron chi connectivity index (χ0n) is 11.7. The summed E-state index contributed by atoms with van der Waals surface area (Å²) in [6, 6.07) is -0.156. The van der Waals surface area contributed by atoms with Crippen molar-refractivity contribution in [2.45, 2.75) is 44.3 Å². The van der Waals surface area contributed by atoms with Gasteiger partial charge in [-0.2, -0.15) is 11.8 Å². The van der Waals surface area contributed by atoms with Crippen LogP contribution in [0.15, 0.2) is 0 Å². The molecule has 1 rings (SSSR count). The zero-order valence-corrected chi connectivity index (χ0v) is 12.5. The molecule has 1 heterocycles. The van der Waals surface area contributed by atoms with E-state index in [-0.39, 0.29) is 16.7 Å². The summed E-state index contributed by atoms with van der Waals surface area (Å²) in [5, 5.41) is 14.4. The summed E-state index contributed by atoms with van der Waals surface area (Å²) < 4.78 is 0.176. The predicted molar refractivity (Wildman–Crippen MR) is 77.5 cm³/mol. The van der Waals surface area contributed by atoms with Crippen molar-refractivity contribution in [2.24, 2.45) is 5.92 Å². The minimum Gasteiger partial charge on any atom is -0.481 e.